The summed E-state index contributed by atoms with van der Waals surface area (Å²) in [6.45, 7) is 2.41. The van der Waals surface area contributed by atoms with E-state index in [1.54, 1.807) is 19.1 Å². The zero-order chi connectivity index (χ0) is 27.4. The first-order valence-corrected chi connectivity index (χ1v) is 13.0. The van der Waals surface area contributed by atoms with E-state index in [1.807, 2.05) is 90.5 Å². The van der Waals surface area contributed by atoms with E-state index in [1.165, 1.54) is 0 Å². The van der Waals surface area contributed by atoms with Gasteiger partial charge in [0, 0.05) is 29.6 Å². The summed E-state index contributed by atoms with van der Waals surface area (Å²) >= 11 is 0. The van der Waals surface area contributed by atoms with E-state index < -0.39 is 0 Å². The number of hydrogen-bond acceptors (Lipinski definition) is 5. The standard InChI is InChI=1S/C31H32N4O4/c1-21-6-4-5-7-27(21)30(37)34(18-22-8-9-22)20-29(36)33-31-32-28(23-10-14-25(38-2)15-11-23)19-35(31)24-12-16-26(39-3)17-13-24/h4-7,10-17,19,22H,8-9,18,20H2,1-3H3,(H,32,33,36). The lowest BCUT2D eigenvalue weighted by molar-refractivity contribution is -0.117. The van der Waals surface area contributed by atoms with Gasteiger partial charge in [-0.05, 0) is 85.8 Å². The van der Waals surface area contributed by atoms with E-state index in [4.69, 9.17) is 14.5 Å². The predicted molar refractivity (Wildman–Crippen MR) is 151 cm³/mol. The van der Waals surface area contributed by atoms with Crippen molar-refractivity contribution >= 4 is 17.8 Å². The molecule has 0 spiro atoms. The quantitative estimate of drug-likeness (QED) is 0.302. The molecular weight excluding hydrogens is 492 g/mol. The van der Waals surface area contributed by atoms with Gasteiger partial charge >= 0.3 is 0 Å². The van der Waals surface area contributed by atoms with Crippen molar-refractivity contribution in [3.05, 3.63) is 90.1 Å². The van der Waals surface area contributed by atoms with Crippen molar-refractivity contribution in [3.8, 4) is 28.4 Å². The molecule has 8 heteroatoms. The third-order valence-electron chi connectivity index (χ3n) is 6.87. The van der Waals surface area contributed by atoms with Crippen molar-refractivity contribution in [3.63, 3.8) is 0 Å². The minimum absolute atomic E-state index is 0.0585. The number of aromatic nitrogens is 2. The van der Waals surface area contributed by atoms with E-state index >= 15 is 0 Å². The second-order valence-electron chi connectivity index (χ2n) is 9.74. The molecule has 8 nitrogen and oxygen atoms in total. The van der Waals surface area contributed by atoms with Crippen molar-refractivity contribution in [2.24, 2.45) is 5.92 Å². The molecule has 2 amide bonds. The van der Waals surface area contributed by atoms with Gasteiger partial charge in [0.05, 0.1) is 19.9 Å². The van der Waals surface area contributed by atoms with Gasteiger partial charge in [-0.1, -0.05) is 18.2 Å². The largest absolute Gasteiger partial charge is 0.497 e. The number of imidazole rings is 1. The summed E-state index contributed by atoms with van der Waals surface area (Å²) in [6, 6.07) is 22.6. The number of anilines is 1. The molecule has 1 aromatic heterocycles. The molecule has 1 heterocycles. The Bertz CT molecular complexity index is 1460. The number of carbonyl (C=O) groups excluding carboxylic acids is 2. The summed E-state index contributed by atoms with van der Waals surface area (Å²) in [5.74, 6) is 1.84. The Morgan fingerprint density at radius 2 is 1.59 bits per heavy atom. The lowest BCUT2D eigenvalue weighted by atomic mass is 10.1. The number of methoxy groups -OCH3 is 2. The first-order chi connectivity index (χ1) is 18.9. The monoisotopic (exact) mass is 524 g/mol. The maximum absolute atomic E-state index is 13.4. The summed E-state index contributed by atoms with van der Waals surface area (Å²) in [5.41, 5.74) is 3.89. The van der Waals surface area contributed by atoms with E-state index in [9.17, 15) is 9.59 Å². The minimum atomic E-state index is -0.306. The number of aryl methyl sites for hydroxylation is 1. The highest BCUT2D eigenvalue weighted by molar-refractivity contribution is 6.00. The molecule has 1 N–H and O–H groups in total. The third-order valence-corrected chi connectivity index (χ3v) is 6.87. The number of rotatable bonds is 10. The molecule has 0 bridgehead atoms. The summed E-state index contributed by atoms with van der Waals surface area (Å²) in [7, 11) is 3.24. The fourth-order valence-corrected chi connectivity index (χ4v) is 4.46. The Labute approximate surface area is 228 Å². The van der Waals surface area contributed by atoms with Gasteiger partial charge in [-0.3, -0.25) is 19.5 Å². The molecule has 0 aliphatic heterocycles. The molecule has 39 heavy (non-hydrogen) atoms. The van der Waals surface area contributed by atoms with Crippen molar-refractivity contribution in [2.45, 2.75) is 19.8 Å². The van der Waals surface area contributed by atoms with E-state index in [0.717, 1.165) is 41.2 Å². The molecule has 0 unspecified atom stereocenters. The van der Waals surface area contributed by atoms with Crippen molar-refractivity contribution in [1.29, 1.82) is 0 Å². The first kappa shape index (κ1) is 26.0. The number of benzene rings is 3. The molecule has 200 valence electrons. The number of nitrogens with zero attached hydrogens (tertiary/aromatic N) is 3. The molecule has 1 aliphatic rings. The van der Waals surface area contributed by atoms with Crippen LogP contribution < -0.4 is 14.8 Å². The SMILES string of the molecule is COc1ccc(-c2cn(-c3ccc(OC)cc3)c(NC(=O)CN(CC3CC3)C(=O)c3ccccc3C)n2)cc1. The van der Waals surface area contributed by atoms with Crippen molar-refractivity contribution in [1.82, 2.24) is 14.5 Å². The summed E-state index contributed by atoms with van der Waals surface area (Å²) in [4.78, 5) is 33.2. The number of nitrogens with one attached hydrogen (secondary N) is 1. The van der Waals surface area contributed by atoms with E-state index in [-0.39, 0.29) is 18.4 Å². The summed E-state index contributed by atoms with van der Waals surface area (Å²) in [5, 5.41) is 2.96. The molecule has 4 aromatic rings. The Hall–Kier alpha value is -4.59. The van der Waals surface area contributed by atoms with Crippen LogP contribution >= 0.6 is 0 Å². The van der Waals surface area contributed by atoms with Crippen LogP contribution in [0.2, 0.25) is 0 Å². The highest BCUT2D eigenvalue weighted by Crippen LogP contribution is 2.31. The van der Waals surface area contributed by atoms with Crippen LogP contribution in [-0.2, 0) is 4.79 Å². The maximum atomic E-state index is 13.4. The number of carbonyl (C=O) groups is 2. The molecule has 3 aromatic carbocycles. The molecule has 0 saturated heterocycles. The molecule has 0 radical (unpaired) electrons. The second-order valence-corrected chi connectivity index (χ2v) is 9.74. The minimum Gasteiger partial charge on any atom is -0.497 e. The van der Waals surface area contributed by atoms with Gasteiger partial charge in [0.2, 0.25) is 11.9 Å². The van der Waals surface area contributed by atoms with Crippen LogP contribution in [0.3, 0.4) is 0 Å². The van der Waals surface area contributed by atoms with Crippen LogP contribution in [0.25, 0.3) is 16.9 Å². The predicted octanol–water partition coefficient (Wildman–Crippen LogP) is 5.36. The van der Waals surface area contributed by atoms with Gasteiger partial charge in [-0.25, -0.2) is 4.98 Å². The van der Waals surface area contributed by atoms with Gasteiger partial charge in [-0.2, -0.15) is 0 Å². The zero-order valence-corrected chi connectivity index (χ0v) is 22.4. The Morgan fingerprint density at radius 3 is 2.21 bits per heavy atom. The molecule has 0 atom stereocenters. The number of ether oxygens (including phenoxy) is 2. The van der Waals surface area contributed by atoms with E-state index in [2.05, 4.69) is 5.32 Å². The fraction of sp³-hybridized carbons (Fsp3) is 0.258. The van der Waals surface area contributed by atoms with Gasteiger partial charge in [0.25, 0.3) is 5.91 Å². The van der Waals surface area contributed by atoms with Crippen LogP contribution in [0.15, 0.2) is 79.0 Å². The van der Waals surface area contributed by atoms with Crippen molar-refractivity contribution in [2.75, 3.05) is 32.6 Å². The van der Waals surface area contributed by atoms with Crippen LogP contribution in [-0.4, -0.2) is 53.6 Å². The van der Waals surface area contributed by atoms with Gasteiger partial charge < -0.3 is 14.4 Å². The normalized spacial score (nSPS) is 12.6. The smallest absolute Gasteiger partial charge is 0.254 e. The average Bonchev–Trinajstić information content (AvgIpc) is 3.69. The topological polar surface area (TPSA) is 85.7 Å². The summed E-state index contributed by atoms with van der Waals surface area (Å²) in [6.07, 6.45) is 4.03. The Morgan fingerprint density at radius 1 is 0.949 bits per heavy atom. The molecule has 1 saturated carbocycles. The van der Waals surface area contributed by atoms with Gasteiger partial charge in [0.15, 0.2) is 0 Å². The van der Waals surface area contributed by atoms with Crippen molar-refractivity contribution < 1.29 is 19.1 Å². The van der Waals surface area contributed by atoms with Crippen LogP contribution in [0, 0.1) is 12.8 Å². The second kappa shape index (κ2) is 11.4. The zero-order valence-electron chi connectivity index (χ0n) is 22.4. The van der Waals surface area contributed by atoms with Gasteiger partial charge in [0.1, 0.15) is 18.0 Å². The average molecular weight is 525 g/mol. The lowest BCUT2D eigenvalue weighted by Gasteiger charge is -2.23. The summed E-state index contributed by atoms with van der Waals surface area (Å²) < 4.78 is 12.4. The van der Waals surface area contributed by atoms with E-state index in [0.29, 0.717) is 29.7 Å². The fourth-order valence-electron chi connectivity index (χ4n) is 4.46. The molecule has 5 rings (SSSR count). The van der Waals surface area contributed by atoms with Crippen LogP contribution in [0.5, 0.6) is 11.5 Å². The number of amides is 2. The van der Waals surface area contributed by atoms with Crippen LogP contribution in [0.1, 0.15) is 28.8 Å². The van der Waals surface area contributed by atoms with Crippen LogP contribution in [0.4, 0.5) is 5.95 Å². The highest BCUT2D eigenvalue weighted by Gasteiger charge is 2.29. The maximum Gasteiger partial charge on any atom is 0.254 e. The highest BCUT2D eigenvalue weighted by atomic mass is 16.5. The van der Waals surface area contributed by atoms with Gasteiger partial charge in [-0.15, -0.1) is 0 Å². The number of hydrogen-bond donors (Lipinski definition) is 1. The molecule has 1 aliphatic carbocycles. The molecular formula is C31H32N4O4. The Balaban J connectivity index is 1.42. The third kappa shape index (κ3) is 6.12. The first-order valence-electron chi connectivity index (χ1n) is 13.0. The lowest BCUT2D eigenvalue weighted by Crippen LogP contribution is -2.40. The molecule has 1 fully saturated rings. The Kier molecular flexibility index (Phi) is 7.63.